The van der Waals surface area contributed by atoms with Crippen LogP contribution in [0.2, 0.25) is 0 Å². The van der Waals surface area contributed by atoms with Gasteiger partial charge in [0, 0.05) is 17.2 Å². The number of amides is 1. The average molecular weight is 238 g/mol. The minimum atomic E-state index is -0.621. The second kappa shape index (κ2) is 4.23. The Balaban J connectivity index is 2.24. The third-order valence-corrected chi connectivity index (χ3v) is 2.41. The monoisotopic (exact) mass is 238 g/mol. The van der Waals surface area contributed by atoms with Gasteiger partial charge in [-0.3, -0.25) is 4.79 Å². The lowest BCUT2D eigenvalue weighted by Gasteiger charge is -2.03. The topological polar surface area (TPSA) is 80.9 Å². The van der Waals surface area contributed by atoms with E-state index < -0.39 is 11.7 Å². The molecule has 0 spiro atoms. The lowest BCUT2D eigenvalue weighted by atomic mass is 10.2. The first kappa shape index (κ1) is 10.5. The minimum Gasteiger partial charge on any atom is -0.399 e. The Bertz CT molecular complexity index is 514. The fourth-order valence-corrected chi connectivity index (χ4v) is 1.53. The summed E-state index contributed by atoms with van der Waals surface area (Å²) >= 11 is 1.01. The Morgan fingerprint density at radius 2 is 2.31 bits per heavy atom. The van der Waals surface area contributed by atoms with Crippen molar-refractivity contribution >= 4 is 28.1 Å². The van der Waals surface area contributed by atoms with Gasteiger partial charge >= 0.3 is 0 Å². The standard InChI is InChI=1S/C9H7FN4OS/c10-7-2-1-5(11)3-6(7)9(15)13-8-4-12-14-16-8/h1-4H,11H2,(H,13,15). The molecule has 2 aromatic rings. The number of halogens is 1. The summed E-state index contributed by atoms with van der Waals surface area (Å²) in [7, 11) is 0. The molecule has 1 heterocycles. The van der Waals surface area contributed by atoms with E-state index in [-0.39, 0.29) is 5.56 Å². The van der Waals surface area contributed by atoms with Crippen molar-refractivity contribution in [3.05, 3.63) is 35.8 Å². The maximum atomic E-state index is 13.3. The van der Waals surface area contributed by atoms with Gasteiger partial charge in [-0.15, -0.1) is 5.10 Å². The van der Waals surface area contributed by atoms with Gasteiger partial charge in [-0.05, 0) is 18.2 Å². The Morgan fingerprint density at radius 1 is 1.50 bits per heavy atom. The van der Waals surface area contributed by atoms with Gasteiger partial charge in [0.05, 0.1) is 11.8 Å². The van der Waals surface area contributed by atoms with E-state index in [1.54, 1.807) is 0 Å². The zero-order valence-electron chi connectivity index (χ0n) is 7.98. The second-order valence-corrected chi connectivity index (χ2v) is 3.76. The maximum absolute atomic E-state index is 13.3. The van der Waals surface area contributed by atoms with Crippen LogP contribution in [-0.4, -0.2) is 15.5 Å². The van der Waals surface area contributed by atoms with E-state index in [9.17, 15) is 9.18 Å². The molecule has 0 bridgehead atoms. The van der Waals surface area contributed by atoms with Crippen LogP contribution < -0.4 is 11.1 Å². The van der Waals surface area contributed by atoms with Crippen molar-refractivity contribution in [1.82, 2.24) is 9.59 Å². The molecular weight excluding hydrogens is 231 g/mol. The summed E-state index contributed by atoms with van der Waals surface area (Å²) < 4.78 is 16.9. The van der Waals surface area contributed by atoms with Crippen LogP contribution in [0.3, 0.4) is 0 Å². The summed E-state index contributed by atoms with van der Waals surface area (Å²) in [5.41, 5.74) is 5.69. The number of nitrogens with two attached hydrogens (primary N) is 1. The fraction of sp³-hybridized carbons (Fsp3) is 0. The molecule has 82 valence electrons. The van der Waals surface area contributed by atoms with Crippen molar-refractivity contribution < 1.29 is 9.18 Å². The molecule has 7 heteroatoms. The number of anilines is 2. The number of aromatic nitrogens is 2. The van der Waals surface area contributed by atoms with Crippen molar-refractivity contribution in [2.45, 2.75) is 0 Å². The second-order valence-electron chi connectivity index (χ2n) is 2.98. The predicted octanol–water partition coefficient (Wildman–Crippen LogP) is 1.51. The summed E-state index contributed by atoms with van der Waals surface area (Å²) in [5, 5.41) is 6.46. The van der Waals surface area contributed by atoms with Gasteiger partial charge in [0.1, 0.15) is 10.8 Å². The molecule has 0 fully saturated rings. The summed E-state index contributed by atoms with van der Waals surface area (Å²) in [6, 6.07) is 3.81. The molecule has 2 rings (SSSR count). The third kappa shape index (κ3) is 2.14. The van der Waals surface area contributed by atoms with Gasteiger partial charge in [-0.25, -0.2) is 4.39 Å². The number of nitrogens with zero attached hydrogens (tertiary/aromatic N) is 2. The van der Waals surface area contributed by atoms with E-state index in [0.717, 1.165) is 17.6 Å². The molecule has 0 atom stereocenters. The van der Waals surface area contributed by atoms with Gasteiger partial charge < -0.3 is 11.1 Å². The lowest BCUT2D eigenvalue weighted by molar-refractivity contribution is 0.102. The van der Waals surface area contributed by atoms with Crippen LogP contribution in [0.25, 0.3) is 0 Å². The summed E-state index contributed by atoms with van der Waals surface area (Å²) in [6.07, 6.45) is 1.38. The Kier molecular flexibility index (Phi) is 2.78. The van der Waals surface area contributed by atoms with E-state index in [0.29, 0.717) is 10.7 Å². The lowest BCUT2D eigenvalue weighted by Crippen LogP contribution is -2.13. The molecule has 1 amide bonds. The van der Waals surface area contributed by atoms with Gasteiger partial charge in [-0.1, -0.05) is 4.49 Å². The zero-order chi connectivity index (χ0) is 11.5. The highest BCUT2D eigenvalue weighted by molar-refractivity contribution is 7.10. The van der Waals surface area contributed by atoms with Gasteiger partial charge in [-0.2, -0.15) is 0 Å². The zero-order valence-corrected chi connectivity index (χ0v) is 8.79. The Labute approximate surface area is 94.3 Å². The van der Waals surface area contributed by atoms with Crippen molar-refractivity contribution in [1.29, 1.82) is 0 Å². The highest BCUT2D eigenvalue weighted by atomic mass is 32.1. The number of nitrogens with one attached hydrogen (secondary N) is 1. The maximum Gasteiger partial charge on any atom is 0.259 e. The molecule has 0 aliphatic heterocycles. The third-order valence-electron chi connectivity index (χ3n) is 1.83. The summed E-state index contributed by atoms with van der Waals surface area (Å²) in [5.74, 6) is -1.19. The average Bonchev–Trinajstić information content (AvgIpc) is 2.74. The largest absolute Gasteiger partial charge is 0.399 e. The minimum absolute atomic E-state index is 0.103. The number of nitrogen functional groups attached to an aromatic ring is 1. The van der Waals surface area contributed by atoms with E-state index in [1.165, 1.54) is 18.3 Å². The number of hydrogen-bond acceptors (Lipinski definition) is 5. The number of rotatable bonds is 2. The van der Waals surface area contributed by atoms with Crippen molar-refractivity contribution in [2.24, 2.45) is 0 Å². The predicted molar refractivity (Wildman–Crippen MR) is 58.7 cm³/mol. The molecule has 0 unspecified atom stereocenters. The molecule has 0 aliphatic carbocycles. The highest BCUT2D eigenvalue weighted by Crippen LogP contribution is 2.15. The molecule has 3 N–H and O–H groups in total. The van der Waals surface area contributed by atoms with E-state index in [4.69, 9.17) is 5.73 Å². The fourth-order valence-electron chi connectivity index (χ4n) is 1.12. The molecule has 0 saturated heterocycles. The molecule has 0 saturated carbocycles. The van der Waals surface area contributed by atoms with Gasteiger partial charge in [0.15, 0.2) is 0 Å². The first-order chi connectivity index (χ1) is 7.66. The Morgan fingerprint density at radius 3 is 3.00 bits per heavy atom. The molecular formula is C9H7FN4OS. The van der Waals surface area contributed by atoms with Gasteiger partial charge in [0.25, 0.3) is 5.91 Å². The van der Waals surface area contributed by atoms with Crippen LogP contribution in [0.4, 0.5) is 15.1 Å². The van der Waals surface area contributed by atoms with E-state index in [1.807, 2.05) is 0 Å². The van der Waals surface area contributed by atoms with Crippen molar-refractivity contribution in [3.63, 3.8) is 0 Å². The van der Waals surface area contributed by atoms with E-state index >= 15 is 0 Å². The highest BCUT2D eigenvalue weighted by Gasteiger charge is 2.12. The summed E-state index contributed by atoms with van der Waals surface area (Å²) in [4.78, 5) is 11.6. The Hall–Kier alpha value is -2.02. The van der Waals surface area contributed by atoms with E-state index in [2.05, 4.69) is 14.9 Å². The van der Waals surface area contributed by atoms with Crippen LogP contribution in [0.5, 0.6) is 0 Å². The van der Waals surface area contributed by atoms with Crippen molar-refractivity contribution in [3.8, 4) is 0 Å². The number of carbonyl (C=O) groups excluding carboxylic acids is 1. The van der Waals surface area contributed by atoms with Crippen LogP contribution >= 0.6 is 11.5 Å². The number of carbonyl (C=O) groups is 1. The molecule has 5 nitrogen and oxygen atoms in total. The van der Waals surface area contributed by atoms with Crippen molar-refractivity contribution in [2.75, 3.05) is 11.1 Å². The number of benzene rings is 1. The molecule has 0 aliphatic rings. The molecule has 1 aromatic heterocycles. The molecule has 1 aromatic carbocycles. The van der Waals surface area contributed by atoms with Gasteiger partial charge in [0.2, 0.25) is 0 Å². The normalized spacial score (nSPS) is 10.1. The first-order valence-electron chi connectivity index (χ1n) is 4.30. The molecule has 0 radical (unpaired) electrons. The SMILES string of the molecule is Nc1ccc(F)c(C(=O)Nc2cnns2)c1. The van der Waals surface area contributed by atoms with Crippen LogP contribution in [-0.2, 0) is 0 Å². The molecule has 16 heavy (non-hydrogen) atoms. The van der Waals surface area contributed by atoms with Crippen LogP contribution in [0.15, 0.2) is 24.4 Å². The summed E-state index contributed by atoms with van der Waals surface area (Å²) in [6.45, 7) is 0. The first-order valence-corrected chi connectivity index (χ1v) is 5.08. The van der Waals surface area contributed by atoms with Crippen LogP contribution in [0.1, 0.15) is 10.4 Å². The van der Waals surface area contributed by atoms with Crippen LogP contribution in [0, 0.1) is 5.82 Å². The number of hydrogen-bond donors (Lipinski definition) is 2. The smallest absolute Gasteiger partial charge is 0.259 e. The quantitative estimate of drug-likeness (QED) is 0.777.